The molecule has 8 nitrogen and oxygen atoms in total. The number of aromatic nitrogens is 1. The van der Waals surface area contributed by atoms with Crippen molar-refractivity contribution in [3.05, 3.63) is 88.3 Å². The molecule has 3 atom stereocenters. The number of halogens is 1. The van der Waals surface area contributed by atoms with Gasteiger partial charge in [0.2, 0.25) is 11.8 Å². The van der Waals surface area contributed by atoms with E-state index in [9.17, 15) is 19.2 Å². The van der Waals surface area contributed by atoms with Gasteiger partial charge in [-0.3, -0.25) is 23.7 Å². The van der Waals surface area contributed by atoms with Gasteiger partial charge in [-0.25, -0.2) is 0 Å². The zero-order chi connectivity index (χ0) is 24.2. The van der Waals surface area contributed by atoms with Gasteiger partial charge in [0.05, 0.1) is 24.4 Å². The van der Waals surface area contributed by atoms with Crippen LogP contribution in [0.4, 0.5) is 11.4 Å². The fourth-order valence-electron chi connectivity index (χ4n) is 3.83. The molecule has 9 heteroatoms. The fourth-order valence-corrected chi connectivity index (χ4v) is 3.95. The first-order chi connectivity index (χ1) is 16.4. The first-order valence-corrected chi connectivity index (χ1v) is 11.1. The Hall–Kier alpha value is -3.91. The number of ether oxygens (including phenoxy) is 1. The predicted molar refractivity (Wildman–Crippen MR) is 128 cm³/mol. The molecule has 0 radical (unpaired) electrons. The van der Waals surface area contributed by atoms with E-state index in [0.717, 1.165) is 0 Å². The number of carbonyl (C=O) groups excluding carboxylic acids is 3. The summed E-state index contributed by atoms with van der Waals surface area (Å²) in [5, 5.41) is 5.99. The van der Waals surface area contributed by atoms with Crippen molar-refractivity contribution in [2.24, 2.45) is 17.8 Å². The lowest BCUT2D eigenvalue weighted by molar-refractivity contribution is -0.146. The molecule has 3 aromatic rings. The lowest BCUT2D eigenvalue weighted by Crippen LogP contribution is -2.20. The molecule has 1 saturated carbocycles. The van der Waals surface area contributed by atoms with Crippen molar-refractivity contribution >= 4 is 40.8 Å². The maximum atomic E-state index is 12.9. The van der Waals surface area contributed by atoms with Crippen molar-refractivity contribution in [3.63, 3.8) is 0 Å². The first-order valence-electron chi connectivity index (χ1n) is 10.7. The van der Waals surface area contributed by atoms with Gasteiger partial charge in [-0.2, -0.15) is 0 Å². The Morgan fingerprint density at radius 1 is 0.853 bits per heavy atom. The van der Waals surface area contributed by atoms with Gasteiger partial charge < -0.3 is 15.4 Å². The number of carbonyl (C=O) groups is 3. The van der Waals surface area contributed by atoms with Crippen molar-refractivity contribution in [1.29, 1.82) is 0 Å². The summed E-state index contributed by atoms with van der Waals surface area (Å²) < 4.78 is 6.54. The molecule has 0 bridgehead atoms. The predicted octanol–water partition coefficient (Wildman–Crippen LogP) is 3.49. The molecule has 174 valence electrons. The Morgan fingerprint density at radius 3 is 1.94 bits per heavy atom. The van der Waals surface area contributed by atoms with Gasteiger partial charge in [0.1, 0.15) is 0 Å². The average molecular weight is 480 g/mol. The molecule has 4 rings (SSSR count). The van der Waals surface area contributed by atoms with Crippen molar-refractivity contribution in [1.82, 2.24) is 4.57 Å². The fraction of sp³-hybridized carbons (Fsp3) is 0.200. The van der Waals surface area contributed by atoms with Crippen LogP contribution in [0.15, 0.2) is 77.7 Å². The second kappa shape index (κ2) is 9.93. The summed E-state index contributed by atoms with van der Waals surface area (Å²) in [6.45, 7) is 1.81. The monoisotopic (exact) mass is 479 g/mol. The normalized spacial score (nSPS) is 18.6. The molecule has 2 N–H and O–H groups in total. The molecule has 0 spiro atoms. The number of esters is 1. The van der Waals surface area contributed by atoms with Gasteiger partial charge in [-0.15, -0.1) is 0 Å². The maximum Gasteiger partial charge on any atom is 0.310 e. The molecule has 2 aromatic carbocycles. The summed E-state index contributed by atoms with van der Waals surface area (Å²) in [5.74, 6) is -4.06. The summed E-state index contributed by atoms with van der Waals surface area (Å²) in [7, 11) is 0. The molecule has 34 heavy (non-hydrogen) atoms. The second-order valence-electron chi connectivity index (χ2n) is 7.77. The third-order valence-corrected chi connectivity index (χ3v) is 5.78. The lowest BCUT2D eigenvalue weighted by atomic mass is 10.2. The standard InChI is InChI=1S/C25H22ClN3O5/c1-2-34-25(33)22-20(23(31)27-16-8-6-15(26)7-9-16)21(22)24(32)28-17-10-12-18(13-11-17)29-14-4-3-5-19(29)30/h3-14,20-22H,2H2,1H3,(H,27,31)(H,28,32)/t20-,21-,22+/m0/s1. The quantitative estimate of drug-likeness (QED) is 0.504. The number of pyridine rings is 1. The molecular weight excluding hydrogens is 458 g/mol. The van der Waals surface area contributed by atoms with E-state index in [4.69, 9.17) is 16.3 Å². The smallest absolute Gasteiger partial charge is 0.310 e. The molecule has 1 fully saturated rings. The van der Waals surface area contributed by atoms with Crippen LogP contribution < -0.4 is 16.2 Å². The van der Waals surface area contributed by atoms with Crippen LogP contribution >= 0.6 is 11.6 Å². The molecule has 0 saturated heterocycles. The molecule has 1 heterocycles. The van der Waals surface area contributed by atoms with Crippen molar-refractivity contribution in [2.75, 3.05) is 17.2 Å². The summed E-state index contributed by atoms with van der Waals surface area (Å²) >= 11 is 5.87. The lowest BCUT2D eigenvalue weighted by Gasteiger charge is -2.08. The highest BCUT2D eigenvalue weighted by Crippen LogP contribution is 2.48. The minimum atomic E-state index is -0.866. The summed E-state index contributed by atoms with van der Waals surface area (Å²) in [6.07, 6.45) is 1.65. The van der Waals surface area contributed by atoms with Crippen LogP contribution in [0.5, 0.6) is 0 Å². The van der Waals surface area contributed by atoms with Crippen LogP contribution in [0, 0.1) is 17.8 Å². The Balaban J connectivity index is 1.47. The van der Waals surface area contributed by atoms with Crippen LogP contribution in [0.1, 0.15) is 6.92 Å². The number of benzene rings is 2. The van der Waals surface area contributed by atoms with Crippen LogP contribution in [-0.2, 0) is 19.1 Å². The summed E-state index contributed by atoms with van der Waals surface area (Å²) in [5.41, 5.74) is 1.45. The van der Waals surface area contributed by atoms with E-state index < -0.39 is 35.5 Å². The Morgan fingerprint density at radius 2 is 1.41 bits per heavy atom. The van der Waals surface area contributed by atoms with Gasteiger partial charge in [0, 0.05) is 34.3 Å². The molecule has 1 aromatic heterocycles. The van der Waals surface area contributed by atoms with Gasteiger partial charge in [-0.1, -0.05) is 17.7 Å². The SMILES string of the molecule is CCOC(=O)[C@@H]1[C@@H](C(=O)Nc2ccc(Cl)cc2)[C@@H]1C(=O)Nc1ccc(-n2ccccc2=O)cc1. The largest absolute Gasteiger partial charge is 0.466 e. The highest BCUT2D eigenvalue weighted by molar-refractivity contribution is 6.30. The van der Waals surface area contributed by atoms with E-state index in [1.807, 2.05) is 0 Å². The van der Waals surface area contributed by atoms with E-state index in [1.165, 1.54) is 10.6 Å². The second-order valence-corrected chi connectivity index (χ2v) is 8.21. The zero-order valence-corrected chi connectivity index (χ0v) is 19.0. The van der Waals surface area contributed by atoms with Gasteiger partial charge >= 0.3 is 5.97 Å². The third kappa shape index (κ3) is 5.02. The third-order valence-electron chi connectivity index (χ3n) is 5.53. The van der Waals surface area contributed by atoms with E-state index in [0.29, 0.717) is 22.1 Å². The van der Waals surface area contributed by atoms with Crippen LogP contribution in [0.2, 0.25) is 5.02 Å². The number of hydrogen-bond donors (Lipinski definition) is 2. The van der Waals surface area contributed by atoms with Crippen molar-refractivity contribution < 1.29 is 19.1 Å². The maximum absolute atomic E-state index is 12.9. The number of hydrogen-bond acceptors (Lipinski definition) is 5. The Labute approximate surface area is 200 Å². The number of rotatable bonds is 7. The highest BCUT2D eigenvalue weighted by Gasteiger charge is 2.63. The molecule has 0 unspecified atom stereocenters. The minimum Gasteiger partial charge on any atom is -0.466 e. The minimum absolute atomic E-state index is 0.148. The zero-order valence-electron chi connectivity index (χ0n) is 18.2. The van der Waals surface area contributed by atoms with E-state index in [1.54, 1.807) is 73.8 Å². The number of nitrogens with zero attached hydrogens (tertiary/aromatic N) is 1. The molecule has 2 amide bonds. The molecule has 1 aliphatic carbocycles. The molecular formula is C25H22ClN3O5. The van der Waals surface area contributed by atoms with Crippen LogP contribution in [-0.4, -0.2) is 29.0 Å². The number of nitrogens with one attached hydrogen (secondary N) is 2. The summed E-state index contributed by atoms with van der Waals surface area (Å²) in [6, 6.07) is 18.1. The molecule has 0 aliphatic heterocycles. The van der Waals surface area contributed by atoms with Gasteiger partial charge in [0.15, 0.2) is 0 Å². The van der Waals surface area contributed by atoms with Gasteiger partial charge in [-0.05, 0) is 61.5 Å². The van der Waals surface area contributed by atoms with Gasteiger partial charge in [0.25, 0.3) is 5.56 Å². The summed E-state index contributed by atoms with van der Waals surface area (Å²) in [4.78, 5) is 50.1. The van der Waals surface area contributed by atoms with E-state index in [2.05, 4.69) is 10.6 Å². The average Bonchev–Trinajstić information content (AvgIpc) is 3.58. The van der Waals surface area contributed by atoms with E-state index in [-0.39, 0.29) is 12.2 Å². The number of anilines is 2. The van der Waals surface area contributed by atoms with Crippen LogP contribution in [0.3, 0.4) is 0 Å². The topological polar surface area (TPSA) is 106 Å². The Bertz CT molecular complexity index is 1270. The molecule has 1 aliphatic rings. The van der Waals surface area contributed by atoms with Crippen LogP contribution in [0.25, 0.3) is 5.69 Å². The Kier molecular flexibility index (Phi) is 6.79. The first kappa shape index (κ1) is 23.3. The highest BCUT2D eigenvalue weighted by atomic mass is 35.5. The number of amides is 2. The van der Waals surface area contributed by atoms with Crippen molar-refractivity contribution in [3.8, 4) is 5.69 Å². The van der Waals surface area contributed by atoms with E-state index >= 15 is 0 Å². The van der Waals surface area contributed by atoms with Crippen molar-refractivity contribution in [2.45, 2.75) is 6.92 Å².